The van der Waals surface area contributed by atoms with Gasteiger partial charge >= 0.3 is 0 Å². The maximum atomic E-state index is 14.6. The van der Waals surface area contributed by atoms with Crippen LogP contribution in [0.15, 0.2) is 17.9 Å². The number of methoxy groups -OCH3 is 2. The number of benzene rings is 1. The predicted molar refractivity (Wildman–Crippen MR) is 86.0 cm³/mol. The van der Waals surface area contributed by atoms with Gasteiger partial charge in [0.15, 0.2) is 5.78 Å². The van der Waals surface area contributed by atoms with Gasteiger partial charge < -0.3 is 9.47 Å². The Morgan fingerprint density at radius 2 is 2.09 bits per heavy atom. The summed E-state index contributed by atoms with van der Waals surface area (Å²) in [5.74, 6) is 7.48. The van der Waals surface area contributed by atoms with Gasteiger partial charge in [0.2, 0.25) is 0 Å². The third-order valence-corrected chi connectivity index (χ3v) is 3.73. The molecule has 0 amide bonds. The number of ketones is 1. The van der Waals surface area contributed by atoms with E-state index in [1.54, 1.807) is 13.0 Å². The highest BCUT2D eigenvalue weighted by Crippen LogP contribution is 2.41. The van der Waals surface area contributed by atoms with Crippen LogP contribution < -0.4 is 4.74 Å². The van der Waals surface area contributed by atoms with Crippen molar-refractivity contribution in [2.24, 2.45) is 5.92 Å². The molecule has 0 fully saturated rings. The molecule has 3 nitrogen and oxygen atoms in total. The molecule has 1 aromatic rings. The van der Waals surface area contributed by atoms with Crippen LogP contribution in [0.5, 0.6) is 5.75 Å². The number of carbonyl (C=O) groups excluding carboxylic acids is 1. The largest absolute Gasteiger partial charge is 0.500 e. The van der Waals surface area contributed by atoms with Crippen molar-refractivity contribution in [3.05, 3.63) is 34.8 Å². The fraction of sp³-hybridized carbons (Fsp3) is 0.316. The second kappa shape index (κ2) is 7.03. The van der Waals surface area contributed by atoms with Gasteiger partial charge in [-0.2, -0.15) is 0 Å². The average molecular weight is 312 g/mol. The first kappa shape index (κ1) is 16.6. The van der Waals surface area contributed by atoms with Crippen LogP contribution in [0.3, 0.4) is 0 Å². The normalized spacial score (nSPS) is 16.7. The first-order valence-electron chi connectivity index (χ1n) is 7.12. The summed E-state index contributed by atoms with van der Waals surface area (Å²) in [6, 6.07) is 2.90. The molecule has 0 radical (unpaired) electrons. The molecule has 0 heterocycles. The van der Waals surface area contributed by atoms with E-state index < -0.39 is 5.82 Å². The molecule has 0 spiro atoms. The van der Waals surface area contributed by atoms with Crippen molar-refractivity contribution in [1.29, 1.82) is 0 Å². The van der Waals surface area contributed by atoms with Gasteiger partial charge in [0.05, 0.1) is 25.4 Å². The van der Waals surface area contributed by atoms with Crippen LogP contribution in [0, 0.1) is 35.9 Å². The molecule has 118 valence electrons. The van der Waals surface area contributed by atoms with Gasteiger partial charge in [0.25, 0.3) is 0 Å². The van der Waals surface area contributed by atoms with Gasteiger partial charge in [-0.15, -0.1) is 18.3 Å². The van der Waals surface area contributed by atoms with Crippen molar-refractivity contribution in [2.75, 3.05) is 14.2 Å². The Morgan fingerprint density at radius 3 is 2.65 bits per heavy atom. The lowest BCUT2D eigenvalue weighted by Gasteiger charge is -2.12. The minimum absolute atomic E-state index is 0.107. The number of terminal acetylenes is 1. The molecule has 1 unspecified atom stereocenters. The highest BCUT2D eigenvalue weighted by atomic mass is 19.1. The Bertz CT molecular complexity index is 772. The van der Waals surface area contributed by atoms with Gasteiger partial charge in [-0.05, 0) is 19.1 Å². The van der Waals surface area contributed by atoms with Gasteiger partial charge in [0, 0.05) is 24.3 Å². The van der Waals surface area contributed by atoms with Gasteiger partial charge in [-0.1, -0.05) is 5.92 Å². The highest BCUT2D eigenvalue weighted by molar-refractivity contribution is 6.25. The zero-order valence-corrected chi connectivity index (χ0v) is 13.3. The lowest BCUT2D eigenvalue weighted by molar-refractivity contribution is -0.116. The van der Waals surface area contributed by atoms with Gasteiger partial charge in [0.1, 0.15) is 17.3 Å². The molecule has 2 rings (SSSR count). The number of carbonyl (C=O) groups is 1. The summed E-state index contributed by atoms with van der Waals surface area (Å²) in [5, 5.41) is 0. The molecule has 0 N–H and O–H groups in total. The van der Waals surface area contributed by atoms with Gasteiger partial charge in [-0.25, -0.2) is 4.39 Å². The number of rotatable bonds is 4. The number of hydrogen-bond acceptors (Lipinski definition) is 3. The van der Waals surface area contributed by atoms with Crippen LogP contribution in [0.25, 0.3) is 5.57 Å². The Kier molecular flexibility index (Phi) is 5.09. The second-order valence-electron chi connectivity index (χ2n) is 5.09. The summed E-state index contributed by atoms with van der Waals surface area (Å²) in [6.07, 6.45) is 5.96. The maximum Gasteiger partial charge on any atom is 0.171 e. The summed E-state index contributed by atoms with van der Waals surface area (Å²) in [4.78, 5) is 12.6. The van der Waals surface area contributed by atoms with Crippen molar-refractivity contribution < 1.29 is 18.7 Å². The molecule has 0 saturated heterocycles. The standard InChI is InChI=1S/C19H17FO3/c1-5-7-12-9-14(20)17(15(10-12)22-3)18-16(23-4)11-13(8-6-2)19(18)21/h2,9-10,13H,8,11H2,1,3-4H3. The second-order valence-corrected chi connectivity index (χ2v) is 5.09. The van der Waals surface area contributed by atoms with Crippen molar-refractivity contribution in [3.8, 4) is 29.9 Å². The summed E-state index contributed by atoms with van der Waals surface area (Å²) >= 11 is 0. The van der Waals surface area contributed by atoms with Crippen molar-refractivity contribution in [2.45, 2.75) is 19.8 Å². The Balaban J connectivity index is 2.62. The van der Waals surface area contributed by atoms with E-state index in [-0.39, 0.29) is 28.6 Å². The minimum Gasteiger partial charge on any atom is -0.500 e. The van der Waals surface area contributed by atoms with Crippen molar-refractivity contribution in [3.63, 3.8) is 0 Å². The summed E-state index contributed by atoms with van der Waals surface area (Å²) in [6.45, 7) is 1.66. The Hall–Kier alpha value is -2.72. The highest BCUT2D eigenvalue weighted by Gasteiger charge is 2.37. The van der Waals surface area contributed by atoms with E-state index in [1.807, 2.05) is 0 Å². The topological polar surface area (TPSA) is 35.5 Å². The first-order valence-corrected chi connectivity index (χ1v) is 7.12. The van der Waals surface area contributed by atoms with Crippen LogP contribution in [0.1, 0.15) is 30.9 Å². The predicted octanol–water partition coefficient (Wildman–Crippen LogP) is 3.18. The van der Waals surface area contributed by atoms with Crippen LogP contribution in [0.4, 0.5) is 4.39 Å². The first-order chi connectivity index (χ1) is 11.1. The number of allylic oxidation sites excluding steroid dienone is 2. The fourth-order valence-electron chi connectivity index (χ4n) is 2.72. The average Bonchev–Trinajstić information content (AvgIpc) is 2.84. The molecule has 0 saturated carbocycles. The quantitative estimate of drug-likeness (QED) is 0.801. The molecule has 1 atom stereocenters. The summed E-state index contributed by atoms with van der Waals surface area (Å²) in [5.41, 5.74) is 0.796. The van der Waals surface area contributed by atoms with Crippen LogP contribution in [-0.4, -0.2) is 20.0 Å². The third kappa shape index (κ3) is 3.07. The molecule has 1 aliphatic carbocycles. The van der Waals surface area contributed by atoms with E-state index in [0.717, 1.165) is 0 Å². The number of Topliss-reactive ketones (excluding diaryl/α,β-unsaturated/α-hetero) is 1. The summed E-state index contributed by atoms with van der Waals surface area (Å²) < 4.78 is 25.2. The van der Waals surface area contributed by atoms with Crippen LogP contribution in [0.2, 0.25) is 0 Å². The van der Waals surface area contributed by atoms with Gasteiger partial charge in [-0.3, -0.25) is 4.79 Å². The van der Waals surface area contributed by atoms with Crippen LogP contribution in [-0.2, 0) is 9.53 Å². The maximum absolute atomic E-state index is 14.6. The third-order valence-electron chi connectivity index (χ3n) is 3.73. The Morgan fingerprint density at radius 1 is 1.35 bits per heavy atom. The zero-order chi connectivity index (χ0) is 17.0. The van der Waals surface area contributed by atoms with E-state index in [4.69, 9.17) is 15.9 Å². The van der Waals surface area contributed by atoms with Crippen molar-refractivity contribution >= 4 is 11.4 Å². The lowest BCUT2D eigenvalue weighted by atomic mass is 9.95. The Labute approximate surface area is 135 Å². The minimum atomic E-state index is -0.568. The zero-order valence-electron chi connectivity index (χ0n) is 13.3. The lowest BCUT2D eigenvalue weighted by Crippen LogP contribution is -2.10. The van der Waals surface area contributed by atoms with E-state index >= 15 is 0 Å². The molecule has 0 aliphatic heterocycles. The number of halogens is 1. The number of hydrogen-bond donors (Lipinski definition) is 0. The molecular formula is C19H17FO3. The van der Waals surface area contributed by atoms with E-state index in [1.165, 1.54) is 20.3 Å². The molecule has 23 heavy (non-hydrogen) atoms. The molecule has 1 aliphatic rings. The van der Waals surface area contributed by atoms with E-state index in [9.17, 15) is 9.18 Å². The smallest absolute Gasteiger partial charge is 0.171 e. The number of ether oxygens (including phenoxy) is 2. The fourth-order valence-corrected chi connectivity index (χ4v) is 2.72. The molecule has 1 aromatic carbocycles. The molecule has 0 bridgehead atoms. The van der Waals surface area contributed by atoms with Crippen LogP contribution >= 0.6 is 0 Å². The van der Waals surface area contributed by atoms with Crippen molar-refractivity contribution in [1.82, 2.24) is 0 Å². The van der Waals surface area contributed by atoms with E-state index in [0.29, 0.717) is 24.2 Å². The SMILES string of the molecule is C#CCC1CC(OC)=C(c2c(F)cc(C#CC)cc2OC)C1=O. The summed E-state index contributed by atoms with van der Waals surface area (Å²) in [7, 11) is 2.88. The monoisotopic (exact) mass is 312 g/mol. The molecular weight excluding hydrogens is 295 g/mol. The molecule has 4 heteroatoms. The van der Waals surface area contributed by atoms with E-state index in [2.05, 4.69) is 17.8 Å². The molecule has 0 aromatic heterocycles.